The summed E-state index contributed by atoms with van der Waals surface area (Å²) >= 11 is 0. The van der Waals surface area contributed by atoms with Gasteiger partial charge in [0.05, 0.1) is 7.11 Å². The summed E-state index contributed by atoms with van der Waals surface area (Å²) in [7, 11) is 1.34. The number of carbonyl (C=O) groups excluding carboxylic acids is 2. The summed E-state index contributed by atoms with van der Waals surface area (Å²) in [4.78, 5) is 24.6. The highest BCUT2D eigenvalue weighted by molar-refractivity contribution is 5.85. The lowest BCUT2D eigenvalue weighted by molar-refractivity contribution is -0.150. The van der Waals surface area contributed by atoms with Gasteiger partial charge in [-0.25, -0.2) is 4.79 Å². The molecule has 1 atom stereocenters. The van der Waals surface area contributed by atoms with Crippen molar-refractivity contribution in [3.63, 3.8) is 0 Å². The van der Waals surface area contributed by atoms with Crippen molar-refractivity contribution < 1.29 is 14.3 Å². The first-order valence-corrected chi connectivity index (χ1v) is 5.01. The Hall–Kier alpha value is -1.50. The molecule has 0 aromatic carbocycles. The normalized spacial score (nSPS) is 19.7. The molecule has 0 bridgehead atoms. The van der Waals surface area contributed by atoms with E-state index in [1.165, 1.54) is 7.11 Å². The van der Waals surface area contributed by atoms with Crippen LogP contribution in [-0.4, -0.2) is 36.5 Å². The van der Waals surface area contributed by atoms with E-state index in [4.69, 9.17) is 6.42 Å². The Labute approximate surface area is 89.6 Å². The van der Waals surface area contributed by atoms with Crippen LogP contribution in [0.2, 0.25) is 0 Å². The van der Waals surface area contributed by atoms with E-state index in [0.717, 1.165) is 6.42 Å². The molecule has 4 nitrogen and oxygen atoms in total. The lowest BCUT2D eigenvalue weighted by atomic mass is 10.2. The van der Waals surface area contributed by atoms with E-state index < -0.39 is 6.04 Å². The second kappa shape index (κ2) is 5.40. The summed E-state index contributed by atoms with van der Waals surface area (Å²) in [5, 5.41) is 0. The van der Waals surface area contributed by atoms with Crippen molar-refractivity contribution in [2.24, 2.45) is 0 Å². The van der Waals surface area contributed by atoms with Gasteiger partial charge in [-0.2, -0.15) is 0 Å². The Morgan fingerprint density at radius 2 is 2.33 bits per heavy atom. The van der Waals surface area contributed by atoms with Crippen molar-refractivity contribution in [1.82, 2.24) is 4.90 Å². The summed E-state index contributed by atoms with van der Waals surface area (Å²) in [6, 6.07) is -0.403. The first kappa shape index (κ1) is 11.6. The van der Waals surface area contributed by atoms with E-state index in [1.54, 1.807) is 4.90 Å². The number of rotatable bonds is 3. The third-order valence-corrected chi connectivity index (χ3v) is 2.53. The van der Waals surface area contributed by atoms with Crippen LogP contribution in [-0.2, 0) is 14.3 Å². The number of hydrogen-bond acceptors (Lipinski definition) is 3. The maximum absolute atomic E-state index is 11.7. The molecule has 1 heterocycles. The molecule has 1 unspecified atom stereocenters. The molecule has 1 saturated heterocycles. The molecular weight excluding hydrogens is 194 g/mol. The van der Waals surface area contributed by atoms with Gasteiger partial charge in [0.2, 0.25) is 5.91 Å². The van der Waals surface area contributed by atoms with Crippen LogP contribution < -0.4 is 0 Å². The van der Waals surface area contributed by atoms with Gasteiger partial charge in [0.15, 0.2) is 0 Å². The Balaban J connectivity index is 2.56. The number of amides is 1. The van der Waals surface area contributed by atoms with E-state index in [2.05, 4.69) is 10.7 Å². The van der Waals surface area contributed by atoms with Crippen molar-refractivity contribution >= 4 is 11.9 Å². The first-order chi connectivity index (χ1) is 7.20. The number of carbonyl (C=O) groups is 2. The highest BCUT2D eigenvalue weighted by Gasteiger charge is 2.34. The summed E-state index contributed by atoms with van der Waals surface area (Å²) in [5.41, 5.74) is 0. The largest absolute Gasteiger partial charge is 0.467 e. The van der Waals surface area contributed by atoms with Gasteiger partial charge >= 0.3 is 5.97 Å². The number of nitrogens with zero attached hydrogens (tertiary/aromatic N) is 1. The maximum Gasteiger partial charge on any atom is 0.328 e. The number of hydrogen-bond donors (Lipinski definition) is 0. The van der Waals surface area contributed by atoms with Crippen molar-refractivity contribution in [2.75, 3.05) is 13.7 Å². The molecule has 0 aliphatic carbocycles. The number of terminal acetylenes is 1. The molecule has 1 rings (SSSR count). The minimum atomic E-state index is -0.403. The molecule has 0 spiro atoms. The van der Waals surface area contributed by atoms with Crippen LogP contribution in [0, 0.1) is 12.3 Å². The monoisotopic (exact) mass is 209 g/mol. The number of methoxy groups -OCH3 is 1. The topological polar surface area (TPSA) is 46.6 Å². The molecule has 4 heteroatoms. The summed E-state index contributed by atoms with van der Waals surface area (Å²) in [6.45, 7) is 0.628. The molecule has 1 aliphatic heterocycles. The fourth-order valence-corrected chi connectivity index (χ4v) is 1.77. The predicted octanol–water partition coefficient (Wildman–Crippen LogP) is 0.564. The highest BCUT2D eigenvalue weighted by Crippen LogP contribution is 2.19. The Kier molecular flexibility index (Phi) is 4.17. The second-order valence-electron chi connectivity index (χ2n) is 3.47. The SMILES string of the molecule is C#CCCC(=O)N1CCCC1C(=O)OC. The third-order valence-electron chi connectivity index (χ3n) is 2.53. The fraction of sp³-hybridized carbons (Fsp3) is 0.636. The van der Waals surface area contributed by atoms with Crippen LogP contribution >= 0.6 is 0 Å². The molecule has 0 aromatic heterocycles. The molecule has 0 aromatic rings. The molecule has 82 valence electrons. The smallest absolute Gasteiger partial charge is 0.328 e. The van der Waals surface area contributed by atoms with Gasteiger partial charge in [0.1, 0.15) is 6.04 Å². The van der Waals surface area contributed by atoms with Crippen LogP contribution in [0.15, 0.2) is 0 Å². The Morgan fingerprint density at radius 1 is 1.60 bits per heavy atom. The molecule has 1 amide bonds. The zero-order valence-corrected chi connectivity index (χ0v) is 8.86. The third kappa shape index (κ3) is 2.72. The molecule has 1 fully saturated rings. The van der Waals surface area contributed by atoms with Crippen molar-refractivity contribution in [3.05, 3.63) is 0 Å². The summed E-state index contributed by atoms with van der Waals surface area (Å²) < 4.78 is 4.65. The average molecular weight is 209 g/mol. The zero-order chi connectivity index (χ0) is 11.3. The van der Waals surface area contributed by atoms with Crippen molar-refractivity contribution in [1.29, 1.82) is 0 Å². The lowest BCUT2D eigenvalue weighted by Gasteiger charge is -2.22. The van der Waals surface area contributed by atoms with E-state index in [0.29, 0.717) is 25.8 Å². The molecule has 15 heavy (non-hydrogen) atoms. The number of esters is 1. The van der Waals surface area contributed by atoms with Crippen LogP contribution in [0.3, 0.4) is 0 Å². The predicted molar refractivity (Wildman–Crippen MR) is 54.8 cm³/mol. The van der Waals surface area contributed by atoms with Crippen molar-refractivity contribution in [3.8, 4) is 12.3 Å². The summed E-state index contributed by atoms with van der Waals surface area (Å²) in [6.07, 6.45) is 7.35. The first-order valence-electron chi connectivity index (χ1n) is 5.01. The van der Waals surface area contributed by atoms with Crippen molar-refractivity contribution in [2.45, 2.75) is 31.7 Å². The summed E-state index contributed by atoms with van der Waals surface area (Å²) in [5.74, 6) is 2.03. The highest BCUT2D eigenvalue weighted by atomic mass is 16.5. The van der Waals surface area contributed by atoms with Gasteiger partial charge in [0.25, 0.3) is 0 Å². The van der Waals surface area contributed by atoms with Crippen LogP contribution in [0.25, 0.3) is 0 Å². The van der Waals surface area contributed by atoms with Gasteiger partial charge in [0, 0.05) is 19.4 Å². The molecule has 0 radical (unpaired) electrons. The Morgan fingerprint density at radius 3 is 2.93 bits per heavy atom. The number of likely N-dealkylation sites (tertiary alicyclic amines) is 1. The molecule has 0 N–H and O–H groups in total. The van der Waals surface area contributed by atoms with Gasteiger partial charge in [-0.15, -0.1) is 12.3 Å². The van der Waals surface area contributed by atoms with Crippen LogP contribution in [0.4, 0.5) is 0 Å². The molecule has 1 aliphatic rings. The minimum absolute atomic E-state index is 0.0548. The van der Waals surface area contributed by atoms with E-state index in [9.17, 15) is 9.59 Å². The number of ether oxygens (including phenoxy) is 1. The van der Waals surface area contributed by atoms with Gasteiger partial charge in [-0.05, 0) is 12.8 Å². The lowest BCUT2D eigenvalue weighted by Crippen LogP contribution is -2.40. The quantitative estimate of drug-likeness (QED) is 0.504. The maximum atomic E-state index is 11.7. The van der Waals surface area contributed by atoms with Gasteiger partial charge < -0.3 is 9.64 Å². The van der Waals surface area contributed by atoms with Crippen LogP contribution in [0.1, 0.15) is 25.7 Å². The fourth-order valence-electron chi connectivity index (χ4n) is 1.77. The van der Waals surface area contributed by atoms with E-state index >= 15 is 0 Å². The van der Waals surface area contributed by atoms with E-state index in [-0.39, 0.29) is 11.9 Å². The molecular formula is C11H15NO3. The molecule has 0 saturated carbocycles. The van der Waals surface area contributed by atoms with Gasteiger partial charge in [-0.3, -0.25) is 4.79 Å². The van der Waals surface area contributed by atoms with Gasteiger partial charge in [-0.1, -0.05) is 0 Å². The standard InChI is InChI=1S/C11H15NO3/c1-3-4-7-10(13)12-8-5-6-9(12)11(14)15-2/h1,9H,4-8H2,2H3. The van der Waals surface area contributed by atoms with Crippen LogP contribution in [0.5, 0.6) is 0 Å². The minimum Gasteiger partial charge on any atom is -0.467 e. The zero-order valence-electron chi connectivity index (χ0n) is 8.86. The Bertz CT molecular complexity index is 293. The average Bonchev–Trinajstić information content (AvgIpc) is 2.73. The second-order valence-corrected chi connectivity index (χ2v) is 3.47. The van der Waals surface area contributed by atoms with E-state index in [1.807, 2.05) is 0 Å².